The molecule has 0 saturated carbocycles. The molecule has 2 heterocycles. The molecular formula is C21H24N2O4S. The highest BCUT2D eigenvalue weighted by atomic mass is 32.2. The molecule has 6 nitrogen and oxygen atoms in total. The molecule has 0 radical (unpaired) electrons. The number of amides is 1. The predicted molar refractivity (Wildman–Crippen MR) is 105 cm³/mol. The lowest BCUT2D eigenvalue weighted by Gasteiger charge is -2.24. The molecule has 28 heavy (non-hydrogen) atoms. The van der Waals surface area contributed by atoms with Gasteiger partial charge in [0.1, 0.15) is 12.4 Å². The van der Waals surface area contributed by atoms with Crippen molar-refractivity contribution in [3.05, 3.63) is 59.7 Å². The largest absolute Gasteiger partial charge is 0.492 e. The van der Waals surface area contributed by atoms with Crippen LogP contribution in [0, 0.1) is 5.92 Å². The standard InChI is InChI=1S/C21H24N2O4S/c24-21(18-13-17-5-1-2-6-20(17)27-15-18)22-14-16-7-9-19(10-8-16)28(25,26)23-11-3-4-12-23/h1-2,5-10,18H,3-4,11-15H2,(H,22,24). The van der Waals surface area contributed by atoms with Crippen LogP contribution in [0.2, 0.25) is 0 Å². The quantitative estimate of drug-likeness (QED) is 0.836. The van der Waals surface area contributed by atoms with Gasteiger partial charge in [-0.25, -0.2) is 8.42 Å². The van der Waals surface area contributed by atoms with Gasteiger partial charge in [-0.1, -0.05) is 30.3 Å². The van der Waals surface area contributed by atoms with Gasteiger partial charge in [-0.15, -0.1) is 0 Å². The Balaban J connectivity index is 1.34. The highest BCUT2D eigenvalue weighted by Crippen LogP contribution is 2.27. The molecule has 1 N–H and O–H groups in total. The van der Waals surface area contributed by atoms with Crippen LogP contribution in [-0.2, 0) is 27.8 Å². The zero-order valence-corrected chi connectivity index (χ0v) is 16.5. The Bertz CT molecular complexity index is 951. The number of benzene rings is 2. The average Bonchev–Trinajstić information content (AvgIpc) is 3.28. The smallest absolute Gasteiger partial charge is 0.243 e. The van der Waals surface area contributed by atoms with Crippen LogP contribution in [0.25, 0.3) is 0 Å². The van der Waals surface area contributed by atoms with Gasteiger partial charge in [0.05, 0.1) is 10.8 Å². The Morgan fingerprint density at radius 3 is 2.54 bits per heavy atom. The first-order chi connectivity index (χ1) is 13.5. The van der Waals surface area contributed by atoms with Crippen LogP contribution >= 0.6 is 0 Å². The third-order valence-corrected chi connectivity index (χ3v) is 7.26. The number of rotatable bonds is 5. The van der Waals surface area contributed by atoms with Crippen LogP contribution in [0.1, 0.15) is 24.0 Å². The lowest BCUT2D eigenvalue weighted by atomic mass is 9.96. The normalized spacial score (nSPS) is 19.6. The van der Waals surface area contributed by atoms with Crippen LogP contribution in [0.3, 0.4) is 0 Å². The lowest BCUT2D eigenvalue weighted by molar-refractivity contribution is -0.126. The SMILES string of the molecule is O=C(NCc1ccc(S(=O)(=O)N2CCCC2)cc1)C1COc2ccccc2C1. The van der Waals surface area contributed by atoms with E-state index in [0.717, 1.165) is 29.7 Å². The van der Waals surface area contributed by atoms with E-state index in [1.165, 1.54) is 4.31 Å². The van der Waals surface area contributed by atoms with Crippen LogP contribution in [0.15, 0.2) is 53.4 Å². The van der Waals surface area contributed by atoms with E-state index in [1.807, 2.05) is 24.3 Å². The zero-order valence-electron chi connectivity index (χ0n) is 15.6. The van der Waals surface area contributed by atoms with Crippen molar-refractivity contribution in [2.24, 2.45) is 5.92 Å². The number of sulfonamides is 1. The summed E-state index contributed by atoms with van der Waals surface area (Å²) in [7, 11) is -3.40. The summed E-state index contributed by atoms with van der Waals surface area (Å²) < 4.78 is 32.3. The Morgan fingerprint density at radius 2 is 1.79 bits per heavy atom. The Labute approximate surface area is 165 Å². The molecule has 1 saturated heterocycles. The molecule has 2 aliphatic rings. The summed E-state index contributed by atoms with van der Waals surface area (Å²) in [6.07, 6.45) is 2.49. The van der Waals surface area contributed by atoms with E-state index < -0.39 is 10.0 Å². The fraction of sp³-hybridized carbons (Fsp3) is 0.381. The van der Waals surface area contributed by atoms with E-state index in [2.05, 4.69) is 5.32 Å². The average molecular weight is 401 g/mol. The first kappa shape index (κ1) is 19.0. The van der Waals surface area contributed by atoms with Gasteiger partial charge in [0, 0.05) is 19.6 Å². The first-order valence-electron chi connectivity index (χ1n) is 9.61. The fourth-order valence-corrected chi connectivity index (χ4v) is 5.20. The van der Waals surface area contributed by atoms with Gasteiger partial charge in [0.25, 0.3) is 0 Å². The van der Waals surface area contributed by atoms with Crippen molar-refractivity contribution in [1.29, 1.82) is 0 Å². The lowest BCUT2D eigenvalue weighted by Crippen LogP contribution is -2.37. The number of hydrogen-bond donors (Lipinski definition) is 1. The topological polar surface area (TPSA) is 75.7 Å². The van der Waals surface area contributed by atoms with Crippen LogP contribution in [0.4, 0.5) is 0 Å². The molecule has 0 bridgehead atoms. The van der Waals surface area contributed by atoms with E-state index in [4.69, 9.17) is 4.74 Å². The van der Waals surface area contributed by atoms with Crippen molar-refractivity contribution in [2.75, 3.05) is 19.7 Å². The molecule has 2 aromatic rings. The number of nitrogens with one attached hydrogen (secondary N) is 1. The first-order valence-corrected chi connectivity index (χ1v) is 11.1. The second kappa shape index (κ2) is 7.93. The van der Waals surface area contributed by atoms with E-state index >= 15 is 0 Å². The second-order valence-electron chi connectivity index (χ2n) is 7.29. The third-order valence-electron chi connectivity index (χ3n) is 5.34. The van der Waals surface area contributed by atoms with E-state index in [0.29, 0.717) is 37.6 Å². The van der Waals surface area contributed by atoms with Crippen molar-refractivity contribution in [3.63, 3.8) is 0 Å². The van der Waals surface area contributed by atoms with Crippen molar-refractivity contribution in [1.82, 2.24) is 9.62 Å². The van der Waals surface area contributed by atoms with Gasteiger partial charge in [-0.2, -0.15) is 4.31 Å². The summed E-state index contributed by atoms with van der Waals surface area (Å²) in [5.41, 5.74) is 1.91. The summed E-state index contributed by atoms with van der Waals surface area (Å²) in [5, 5.41) is 2.93. The Morgan fingerprint density at radius 1 is 1.07 bits per heavy atom. The molecule has 1 atom stereocenters. The maximum absolute atomic E-state index is 12.6. The number of carbonyl (C=O) groups is 1. The molecule has 148 valence electrons. The molecule has 1 unspecified atom stereocenters. The van der Waals surface area contributed by atoms with Crippen molar-refractivity contribution in [3.8, 4) is 5.75 Å². The van der Waals surface area contributed by atoms with Crippen LogP contribution in [0.5, 0.6) is 5.75 Å². The zero-order chi connectivity index (χ0) is 19.6. The van der Waals surface area contributed by atoms with E-state index in [1.54, 1.807) is 24.3 Å². The number of para-hydroxylation sites is 1. The van der Waals surface area contributed by atoms with Crippen molar-refractivity contribution >= 4 is 15.9 Å². The molecule has 0 spiro atoms. The summed E-state index contributed by atoms with van der Waals surface area (Å²) >= 11 is 0. The molecule has 4 rings (SSSR count). The number of hydrogen-bond acceptors (Lipinski definition) is 4. The number of fused-ring (bicyclic) bond motifs is 1. The molecule has 1 fully saturated rings. The van der Waals surface area contributed by atoms with Gasteiger partial charge >= 0.3 is 0 Å². The third kappa shape index (κ3) is 3.91. The van der Waals surface area contributed by atoms with E-state index in [9.17, 15) is 13.2 Å². The number of carbonyl (C=O) groups excluding carboxylic acids is 1. The van der Waals surface area contributed by atoms with Gasteiger partial charge in [0.15, 0.2) is 0 Å². The monoisotopic (exact) mass is 400 g/mol. The molecular weight excluding hydrogens is 376 g/mol. The molecule has 0 aromatic heterocycles. The Kier molecular flexibility index (Phi) is 5.37. The summed E-state index contributed by atoms with van der Waals surface area (Å²) in [4.78, 5) is 12.8. The minimum atomic E-state index is -3.40. The summed E-state index contributed by atoms with van der Waals surface area (Å²) in [6, 6.07) is 14.5. The highest BCUT2D eigenvalue weighted by molar-refractivity contribution is 7.89. The minimum absolute atomic E-state index is 0.0525. The van der Waals surface area contributed by atoms with Crippen LogP contribution in [-0.4, -0.2) is 38.3 Å². The van der Waals surface area contributed by atoms with E-state index in [-0.39, 0.29) is 11.8 Å². The fourth-order valence-electron chi connectivity index (χ4n) is 3.69. The van der Waals surface area contributed by atoms with Crippen LogP contribution < -0.4 is 10.1 Å². The van der Waals surface area contributed by atoms with Gasteiger partial charge in [-0.05, 0) is 48.6 Å². The van der Waals surface area contributed by atoms with Gasteiger partial charge in [-0.3, -0.25) is 4.79 Å². The van der Waals surface area contributed by atoms with Gasteiger partial charge in [0.2, 0.25) is 15.9 Å². The maximum atomic E-state index is 12.6. The maximum Gasteiger partial charge on any atom is 0.243 e. The second-order valence-corrected chi connectivity index (χ2v) is 9.23. The minimum Gasteiger partial charge on any atom is -0.492 e. The number of ether oxygens (including phenoxy) is 1. The van der Waals surface area contributed by atoms with Crippen molar-refractivity contribution < 1.29 is 17.9 Å². The van der Waals surface area contributed by atoms with Crippen molar-refractivity contribution in [2.45, 2.75) is 30.7 Å². The predicted octanol–water partition coefficient (Wildman–Crippen LogP) is 2.34. The summed E-state index contributed by atoms with van der Waals surface area (Å²) in [5.74, 6) is 0.578. The number of nitrogens with zero attached hydrogens (tertiary/aromatic N) is 1. The molecule has 2 aromatic carbocycles. The Hall–Kier alpha value is -2.38. The highest BCUT2D eigenvalue weighted by Gasteiger charge is 2.27. The molecule has 2 aliphatic heterocycles. The molecule has 1 amide bonds. The summed E-state index contributed by atoms with van der Waals surface area (Å²) in [6.45, 7) is 1.91. The molecule has 7 heteroatoms. The molecule has 0 aliphatic carbocycles. The van der Waals surface area contributed by atoms with Gasteiger partial charge < -0.3 is 10.1 Å².